The van der Waals surface area contributed by atoms with Crippen LogP contribution in [0.3, 0.4) is 0 Å². The van der Waals surface area contributed by atoms with Gasteiger partial charge in [-0.3, -0.25) is 9.69 Å². The number of hydrogen-bond acceptors (Lipinski definition) is 4. The lowest BCUT2D eigenvalue weighted by atomic mass is 10.2. The fourth-order valence-electron chi connectivity index (χ4n) is 2.88. The molecular weight excluding hydrogens is 451 g/mol. The van der Waals surface area contributed by atoms with Crippen LogP contribution in [0.5, 0.6) is 0 Å². The molecule has 2 aromatic carbocycles. The van der Waals surface area contributed by atoms with Crippen molar-refractivity contribution in [3.8, 4) is 0 Å². The van der Waals surface area contributed by atoms with Gasteiger partial charge in [-0.2, -0.15) is 0 Å². The number of halogens is 3. The molecule has 0 aliphatic heterocycles. The number of fused-ring (bicyclic) bond motifs is 1. The molecule has 5 nitrogen and oxygen atoms in total. The number of aromatic nitrogens is 3. The SMILES string of the molecule is Cl.O=C(c1ccc(Cl)cc1)N(CCCn1ccnc1)c1nc2c(Cl)cccc2s1. The highest BCUT2D eigenvalue weighted by Gasteiger charge is 2.21. The van der Waals surface area contributed by atoms with Crippen molar-refractivity contribution in [1.29, 1.82) is 0 Å². The Morgan fingerprint density at radius 1 is 1.14 bits per heavy atom. The molecule has 0 fully saturated rings. The summed E-state index contributed by atoms with van der Waals surface area (Å²) in [6.07, 6.45) is 6.18. The van der Waals surface area contributed by atoms with E-state index >= 15 is 0 Å². The van der Waals surface area contributed by atoms with Crippen molar-refractivity contribution in [2.75, 3.05) is 11.4 Å². The van der Waals surface area contributed by atoms with Gasteiger partial charge in [0.2, 0.25) is 0 Å². The normalized spacial score (nSPS) is 10.7. The molecule has 2 heterocycles. The monoisotopic (exact) mass is 466 g/mol. The molecule has 9 heteroatoms. The summed E-state index contributed by atoms with van der Waals surface area (Å²) in [4.78, 5) is 23.6. The van der Waals surface area contributed by atoms with Crippen LogP contribution >= 0.6 is 46.9 Å². The molecule has 0 spiro atoms. The minimum Gasteiger partial charge on any atom is -0.337 e. The Balaban J connectivity index is 0.00000240. The topological polar surface area (TPSA) is 51.0 Å². The summed E-state index contributed by atoms with van der Waals surface area (Å²) in [5.74, 6) is -0.113. The first-order valence-corrected chi connectivity index (χ1v) is 10.3. The zero-order valence-corrected chi connectivity index (χ0v) is 18.3. The predicted molar refractivity (Wildman–Crippen MR) is 122 cm³/mol. The number of amides is 1. The van der Waals surface area contributed by atoms with Gasteiger partial charge >= 0.3 is 0 Å². The van der Waals surface area contributed by atoms with Crippen LogP contribution < -0.4 is 4.90 Å². The fourth-order valence-corrected chi connectivity index (χ4v) is 4.30. The lowest BCUT2D eigenvalue weighted by Crippen LogP contribution is -2.32. The molecule has 0 saturated carbocycles. The highest BCUT2D eigenvalue weighted by atomic mass is 35.5. The molecular formula is C20H17Cl3N4OS. The third-order valence-electron chi connectivity index (χ3n) is 4.28. The Labute approximate surface area is 188 Å². The van der Waals surface area contributed by atoms with Crippen molar-refractivity contribution in [1.82, 2.24) is 14.5 Å². The Hall–Kier alpha value is -2.12. The average Bonchev–Trinajstić information content (AvgIpc) is 3.36. The lowest BCUT2D eigenvalue weighted by molar-refractivity contribution is 0.0986. The summed E-state index contributed by atoms with van der Waals surface area (Å²) >= 11 is 13.7. The quantitative estimate of drug-likeness (QED) is 0.351. The van der Waals surface area contributed by atoms with Crippen molar-refractivity contribution in [2.24, 2.45) is 0 Å². The first-order chi connectivity index (χ1) is 13.6. The van der Waals surface area contributed by atoms with E-state index < -0.39 is 0 Å². The second-order valence-electron chi connectivity index (χ2n) is 6.20. The van der Waals surface area contributed by atoms with Crippen LogP contribution in [0.2, 0.25) is 10.0 Å². The van der Waals surface area contributed by atoms with E-state index in [0.29, 0.717) is 32.8 Å². The number of imidazole rings is 1. The van der Waals surface area contributed by atoms with Gasteiger partial charge in [0.05, 0.1) is 16.0 Å². The van der Waals surface area contributed by atoms with Crippen molar-refractivity contribution in [3.05, 3.63) is 76.8 Å². The third-order valence-corrected chi connectivity index (χ3v) is 5.88. The molecule has 0 unspecified atom stereocenters. The Kier molecular flexibility index (Phi) is 7.14. The Morgan fingerprint density at radius 3 is 2.62 bits per heavy atom. The second-order valence-corrected chi connectivity index (χ2v) is 8.05. The molecule has 0 aliphatic carbocycles. The molecule has 29 heavy (non-hydrogen) atoms. The first-order valence-electron chi connectivity index (χ1n) is 8.70. The minimum atomic E-state index is -0.113. The summed E-state index contributed by atoms with van der Waals surface area (Å²) in [5, 5.41) is 1.81. The zero-order chi connectivity index (χ0) is 19.5. The van der Waals surface area contributed by atoms with E-state index in [4.69, 9.17) is 23.2 Å². The van der Waals surface area contributed by atoms with E-state index in [2.05, 4.69) is 9.97 Å². The van der Waals surface area contributed by atoms with Gasteiger partial charge in [0.25, 0.3) is 5.91 Å². The molecule has 0 atom stereocenters. The number of carbonyl (C=O) groups is 1. The number of nitrogens with zero attached hydrogens (tertiary/aromatic N) is 4. The second kappa shape index (κ2) is 9.59. The van der Waals surface area contributed by atoms with Gasteiger partial charge in [-0.25, -0.2) is 9.97 Å². The van der Waals surface area contributed by atoms with E-state index in [1.165, 1.54) is 11.3 Å². The van der Waals surface area contributed by atoms with Gasteiger partial charge in [-0.15, -0.1) is 12.4 Å². The van der Waals surface area contributed by atoms with E-state index in [0.717, 1.165) is 17.7 Å². The summed E-state index contributed by atoms with van der Waals surface area (Å²) < 4.78 is 2.94. The van der Waals surface area contributed by atoms with E-state index in [1.54, 1.807) is 47.8 Å². The highest BCUT2D eigenvalue weighted by molar-refractivity contribution is 7.22. The van der Waals surface area contributed by atoms with Crippen LogP contribution in [0.25, 0.3) is 10.2 Å². The molecule has 0 aliphatic rings. The maximum Gasteiger partial charge on any atom is 0.260 e. The average molecular weight is 468 g/mol. The predicted octanol–water partition coefficient (Wildman–Crippen LogP) is 5.96. The number of anilines is 1. The summed E-state index contributed by atoms with van der Waals surface area (Å²) in [5.41, 5.74) is 1.28. The molecule has 0 bridgehead atoms. The number of carbonyl (C=O) groups excluding carboxylic acids is 1. The van der Waals surface area contributed by atoms with Crippen LogP contribution in [-0.2, 0) is 6.54 Å². The van der Waals surface area contributed by atoms with Gasteiger partial charge < -0.3 is 4.57 Å². The van der Waals surface area contributed by atoms with Gasteiger partial charge in [-0.1, -0.05) is 40.6 Å². The van der Waals surface area contributed by atoms with E-state index in [9.17, 15) is 4.79 Å². The molecule has 150 valence electrons. The van der Waals surface area contributed by atoms with Crippen LogP contribution in [0.4, 0.5) is 5.13 Å². The van der Waals surface area contributed by atoms with Crippen molar-refractivity contribution in [2.45, 2.75) is 13.0 Å². The van der Waals surface area contributed by atoms with Gasteiger partial charge in [0, 0.05) is 36.1 Å². The number of aryl methyl sites for hydroxylation is 1. The van der Waals surface area contributed by atoms with Gasteiger partial charge in [0.1, 0.15) is 5.52 Å². The van der Waals surface area contributed by atoms with Crippen LogP contribution in [0.15, 0.2) is 61.2 Å². The number of para-hydroxylation sites is 1. The van der Waals surface area contributed by atoms with Crippen molar-refractivity contribution >= 4 is 68.2 Å². The standard InChI is InChI=1S/C20H16Cl2N4OS.ClH/c21-15-7-5-14(6-8-15)19(27)26(11-2-10-25-12-9-23-13-25)20-24-18-16(22)3-1-4-17(18)28-20;/h1,3-9,12-13H,2,10-11H2;1H. The minimum absolute atomic E-state index is 0. The first kappa shape index (κ1) is 21.6. The van der Waals surface area contributed by atoms with Crippen LogP contribution in [0.1, 0.15) is 16.8 Å². The number of hydrogen-bond donors (Lipinski definition) is 0. The molecule has 4 aromatic rings. The molecule has 1 amide bonds. The van der Waals surface area contributed by atoms with Gasteiger partial charge in [0.15, 0.2) is 5.13 Å². The van der Waals surface area contributed by atoms with Crippen LogP contribution in [0, 0.1) is 0 Å². The number of thiazole rings is 1. The number of benzene rings is 2. The largest absolute Gasteiger partial charge is 0.337 e. The van der Waals surface area contributed by atoms with E-state index in [1.807, 2.05) is 22.9 Å². The molecule has 4 rings (SSSR count). The van der Waals surface area contributed by atoms with Crippen LogP contribution in [-0.4, -0.2) is 27.0 Å². The highest BCUT2D eigenvalue weighted by Crippen LogP contribution is 2.33. The fraction of sp³-hybridized carbons (Fsp3) is 0.150. The Bertz CT molecular complexity index is 1100. The zero-order valence-electron chi connectivity index (χ0n) is 15.2. The maximum atomic E-state index is 13.2. The smallest absolute Gasteiger partial charge is 0.260 e. The molecule has 2 aromatic heterocycles. The van der Waals surface area contributed by atoms with E-state index in [-0.39, 0.29) is 18.3 Å². The summed E-state index contributed by atoms with van der Waals surface area (Å²) in [6.45, 7) is 1.28. The lowest BCUT2D eigenvalue weighted by Gasteiger charge is -2.20. The number of rotatable bonds is 6. The van der Waals surface area contributed by atoms with Crippen molar-refractivity contribution < 1.29 is 4.79 Å². The van der Waals surface area contributed by atoms with Gasteiger partial charge in [-0.05, 0) is 42.8 Å². The third kappa shape index (κ3) is 4.90. The molecule has 0 saturated heterocycles. The summed E-state index contributed by atoms with van der Waals surface area (Å²) in [6, 6.07) is 12.5. The summed E-state index contributed by atoms with van der Waals surface area (Å²) in [7, 11) is 0. The maximum absolute atomic E-state index is 13.2. The molecule has 0 N–H and O–H groups in total. The molecule has 0 radical (unpaired) electrons. The Morgan fingerprint density at radius 2 is 1.93 bits per heavy atom. The van der Waals surface area contributed by atoms with Crippen molar-refractivity contribution in [3.63, 3.8) is 0 Å².